The summed E-state index contributed by atoms with van der Waals surface area (Å²) < 4.78 is 4.99. The lowest BCUT2D eigenvalue weighted by Gasteiger charge is -2.06. The Kier molecular flexibility index (Phi) is 4.52. The summed E-state index contributed by atoms with van der Waals surface area (Å²) >= 11 is 0. The van der Waals surface area contributed by atoms with Gasteiger partial charge >= 0.3 is 0 Å². The van der Waals surface area contributed by atoms with Gasteiger partial charge in [-0.25, -0.2) is 4.98 Å². The van der Waals surface area contributed by atoms with Crippen molar-refractivity contribution in [3.63, 3.8) is 0 Å². The molecule has 100 valence electrons. The number of carbonyl (C=O) groups excluding carboxylic acids is 1. The van der Waals surface area contributed by atoms with E-state index in [0.717, 1.165) is 0 Å². The molecule has 3 N–H and O–H groups in total. The van der Waals surface area contributed by atoms with Crippen LogP contribution in [0.1, 0.15) is 17.0 Å². The number of hydrogen-bond acceptors (Lipinski definition) is 5. The van der Waals surface area contributed by atoms with Crippen LogP contribution in [0.25, 0.3) is 0 Å². The summed E-state index contributed by atoms with van der Waals surface area (Å²) in [5.41, 5.74) is 0.592. The number of rotatable bonds is 6. The molecule has 1 amide bonds. The fourth-order valence-electron chi connectivity index (χ4n) is 1.47. The van der Waals surface area contributed by atoms with Crippen LogP contribution in [-0.2, 0) is 0 Å². The van der Waals surface area contributed by atoms with Gasteiger partial charge in [-0.15, -0.1) is 0 Å². The highest BCUT2D eigenvalue weighted by Crippen LogP contribution is 2.11. The Morgan fingerprint density at radius 3 is 2.89 bits per heavy atom. The van der Waals surface area contributed by atoms with Gasteiger partial charge in [0.1, 0.15) is 5.82 Å². The Bertz CT molecular complexity index is 508. The lowest BCUT2D eigenvalue weighted by molar-refractivity contribution is 0.0996. The van der Waals surface area contributed by atoms with E-state index in [4.69, 9.17) is 9.52 Å². The number of aliphatic hydroxyl groups is 1. The number of nitrogens with one attached hydrogen (secondary N) is 2. The van der Waals surface area contributed by atoms with Crippen LogP contribution in [0.2, 0.25) is 0 Å². The third-order valence-electron chi connectivity index (χ3n) is 2.41. The zero-order chi connectivity index (χ0) is 13.5. The molecule has 2 rings (SSSR count). The van der Waals surface area contributed by atoms with Crippen LogP contribution in [0.3, 0.4) is 0 Å². The van der Waals surface area contributed by atoms with Crippen LogP contribution in [0, 0.1) is 0 Å². The number of carbonyl (C=O) groups is 1. The summed E-state index contributed by atoms with van der Waals surface area (Å²) in [6, 6.07) is 6.75. The van der Waals surface area contributed by atoms with E-state index in [-0.39, 0.29) is 18.3 Å². The summed E-state index contributed by atoms with van der Waals surface area (Å²) in [7, 11) is 0. The van der Waals surface area contributed by atoms with Crippen LogP contribution >= 0.6 is 0 Å². The fourth-order valence-corrected chi connectivity index (χ4v) is 1.47. The maximum absolute atomic E-state index is 11.7. The lowest BCUT2D eigenvalue weighted by atomic mass is 10.3. The maximum atomic E-state index is 11.7. The second-order valence-corrected chi connectivity index (χ2v) is 3.87. The van der Waals surface area contributed by atoms with Gasteiger partial charge in [0.25, 0.3) is 5.91 Å². The van der Waals surface area contributed by atoms with Crippen LogP contribution in [-0.4, -0.2) is 29.1 Å². The first-order valence-electron chi connectivity index (χ1n) is 5.95. The molecule has 2 aromatic heterocycles. The van der Waals surface area contributed by atoms with Gasteiger partial charge in [0.05, 0.1) is 18.1 Å². The SMILES string of the molecule is O=C(Nc1ccc(NCCCO)nc1)c1ccco1. The van der Waals surface area contributed by atoms with Gasteiger partial charge in [-0.2, -0.15) is 0 Å². The number of hydrogen-bond donors (Lipinski definition) is 3. The molecule has 0 atom stereocenters. The van der Waals surface area contributed by atoms with Crippen molar-refractivity contribution in [2.24, 2.45) is 0 Å². The molecule has 0 aromatic carbocycles. The number of furan rings is 1. The molecule has 6 nitrogen and oxygen atoms in total. The smallest absolute Gasteiger partial charge is 0.291 e. The standard InChI is InChI=1S/C13H15N3O3/c17-7-2-6-14-12-5-4-10(9-15-12)16-13(18)11-3-1-8-19-11/h1,3-5,8-9,17H,2,6-7H2,(H,14,15)(H,16,18). The molecule has 0 fully saturated rings. The number of amides is 1. The van der Waals surface area contributed by atoms with E-state index in [9.17, 15) is 4.79 Å². The summed E-state index contributed by atoms with van der Waals surface area (Å²) in [5.74, 6) is 0.641. The zero-order valence-corrected chi connectivity index (χ0v) is 10.3. The largest absolute Gasteiger partial charge is 0.459 e. The van der Waals surface area contributed by atoms with E-state index in [2.05, 4.69) is 15.6 Å². The molecule has 0 unspecified atom stereocenters. The van der Waals surface area contributed by atoms with Crippen LogP contribution < -0.4 is 10.6 Å². The van der Waals surface area contributed by atoms with E-state index in [1.165, 1.54) is 6.26 Å². The third-order valence-corrected chi connectivity index (χ3v) is 2.41. The molecule has 0 radical (unpaired) electrons. The highest BCUT2D eigenvalue weighted by atomic mass is 16.3. The van der Waals surface area contributed by atoms with Crippen molar-refractivity contribution in [1.82, 2.24) is 4.98 Å². The summed E-state index contributed by atoms with van der Waals surface area (Å²) in [6.45, 7) is 0.798. The Balaban J connectivity index is 1.90. The Labute approximate surface area is 110 Å². The molecule has 6 heteroatoms. The number of pyridine rings is 1. The predicted molar refractivity (Wildman–Crippen MR) is 71.1 cm³/mol. The molecule has 2 aromatic rings. The van der Waals surface area contributed by atoms with E-state index >= 15 is 0 Å². The van der Waals surface area contributed by atoms with E-state index in [1.54, 1.807) is 30.5 Å². The second kappa shape index (κ2) is 6.55. The molecule has 0 spiro atoms. The first-order valence-corrected chi connectivity index (χ1v) is 5.95. The first-order chi connectivity index (χ1) is 9.29. The highest BCUT2D eigenvalue weighted by molar-refractivity contribution is 6.02. The second-order valence-electron chi connectivity index (χ2n) is 3.87. The third kappa shape index (κ3) is 3.82. The molecule has 0 bridgehead atoms. The number of nitrogens with zero attached hydrogens (tertiary/aromatic N) is 1. The fraction of sp³-hybridized carbons (Fsp3) is 0.231. The molecule has 19 heavy (non-hydrogen) atoms. The van der Waals surface area contributed by atoms with Gasteiger partial charge in [-0.3, -0.25) is 4.79 Å². The van der Waals surface area contributed by atoms with Gasteiger partial charge in [0, 0.05) is 13.2 Å². The molecule has 0 aliphatic carbocycles. The average Bonchev–Trinajstić information content (AvgIpc) is 2.95. The molecule has 0 aliphatic heterocycles. The van der Waals surface area contributed by atoms with Crippen molar-refractivity contribution in [3.8, 4) is 0 Å². The minimum absolute atomic E-state index is 0.143. The molecular weight excluding hydrogens is 246 g/mol. The average molecular weight is 261 g/mol. The van der Waals surface area contributed by atoms with Gasteiger partial charge in [-0.1, -0.05) is 0 Å². The van der Waals surface area contributed by atoms with Crippen molar-refractivity contribution >= 4 is 17.4 Å². The van der Waals surface area contributed by atoms with E-state index in [0.29, 0.717) is 24.5 Å². The van der Waals surface area contributed by atoms with E-state index in [1.807, 2.05) is 0 Å². The molecule has 0 aliphatic rings. The molecule has 2 heterocycles. The topological polar surface area (TPSA) is 87.4 Å². The summed E-state index contributed by atoms with van der Waals surface area (Å²) in [6.07, 6.45) is 3.67. The van der Waals surface area contributed by atoms with Crippen LogP contribution in [0.4, 0.5) is 11.5 Å². The van der Waals surface area contributed by atoms with Crippen LogP contribution in [0.5, 0.6) is 0 Å². The number of aliphatic hydroxyl groups excluding tert-OH is 1. The van der Waals surface area contributed by atoms with Gasteiger partial charge < -0.3 is 20.2 Å². The van der Waals surface area contributed by atoms with Crippen molar-refractivity contribution in [2.45, 2.75) is 6.42 Å². The summed E-state index contributed by atoms with van der Waals surface area (Å²) in [4.78, 5) is 15.8. The molecule has 0 saturated carbocycles. The quantitative estimate of drug-likeness (QED) is 0.689. The minimum atomic E-state index is -0.312. The van der Waals surface area contributed by atoms with Crippen molar-refractivity contribution in [2.75, 3.05) is 23.8 Å². The van der Waals surface area contributed by atoms with Gasteiger partial charge in [0.2, 0.25) is 0 Å². The zero-order valence-electron chi connectivity index (χ0n) is 10.3. The minimum Gasteiger partial charge on any atom is -0.459 e. The monoisotopic (exact) mass is 261 g/mol. The number of aromatic nitrogens is 1. The Hall–Kier alpha value is -2.34. The van der Waals surface area contributed by atoms with Crippen molar-refractivity contribution in [1.29, 1.82) is 0 Å². The number of anilines is 2. The highest BCUT2D eigenvalue weighted by Gasteiger charge is 2.08. The van der Waals surface area contributed by atoms with Gasteiger partial charge in [-0.05, 0) is 30.7 Å². The molecule has 0 saturated heterocycles. The van der Waals surface area contributed by atoms with Crippen molar-refractivity contribution < 1.29 is 14.3 Å². The Morgan fingerprint density at radius 2 is 2.26 bits per heavy atom. The lowest BCUT2D eigenvalue weighted by Crippen LogP contribution is -2.11. The maximum Gasteiger partial charge on any atom is 0.291 e. The normalized spacial score (nSPS) is 10.2. The van der Waals surface area contributed by atoms with E-state index < -0.39 is 0 Å². The van der Waals surface area contributed by atoms with Crippen molar-refractivity contribution in [3.05, 3.63) is 42.5 Å². The molecular formula is C13H15N3O3. The predicted octanol–water partition coefficient (Wildman–Crippen LogP) is 1.72. The van der Waals surface area contributed by atoms with Gasteiger partial charge in [0.15, 0.2) is 5.76 Å². The first kappa shape index (κ1) is 13.1. The van der Waals surface area contributed by atoms with Crippen LogP contribution in [0.15, 0.2) is 41.1 Å². The summed E-state index contributed by atoms with van der Waals surface area (Å²) in [5, 5.41) is 14.4. The Morgan fingerprint density at radius 1 is 1.37 bits per heavy atom.